The molecule has 0 nitrogen and oxygen atoms in total. The normalized spacial score (nSPS) is 18.1. The third-order valence-corrected chi connectivity index (χ3v) is 3.29. The van der Waals surface area contributed by atoms with E-state index in [0.29, 0.717) is 0 Å². The SMILES string of the molecule is C=C1CC2=C(CC=CC=C2)c2ccccc21. The molecule has 0 amide bonds. The number of benzene rings is 1. The third-order valence-electron chi connectivity index (χ3n) is 3.29. The molecule has 3 rings (SSSR count). The van der Waals surface area contributed by atoms with Crippen LogP contribution in [0.15, 0.2) is 60.7 Å². The summed E-state index contributed by atoms with van der Waals surface area (Å²) in [5.41, 5.74) is 6.82. The summed E-state index contributed by atoms with van der Waals surface area (Å²) in [7, 11) is 0. The molecule has 0 N–H and O–H groups in total. The maximum Gasteiger partial charge on any atom is -0.00224 e. The van der Waals surface area contributed by atoms with Gasteiger partial charge in [-0.05, 0) is 40.7 Å². The average molecular weight is 206 g/mol. The van der Waals surface area contributed by atoms with Crippen molar-refractivity contribution in [2.45, 2.75) is 12.8 Å². The molecule has 0 saturated heterocycles. The van der Waals surface area contributed by atoms with Gasteiger partial charge in [0.15, 0.2) is 0 Å². The minimum atomic E-state index is 0.991. The largest absolute Gasteiger partial charge is 0.0949 e. The van der Waals surface area contributed by atoms with Crippen molar-refractivity contribution in [2.75, 3.05) is 0 Å². The summed E-state index contributed by atoms with van der Waals surface area (Å²) in [5.74, 6) is 0. The lowest BCUT2D eigenvalue weighted by Gasteiger charge is -2.22. The molecular weight excluding hydrogens is 192 g/mol. The number of hydrogen-bond donors (Lipinski definition) is 0. The van der Waals surface area contributed by atoms with Gasteiger partial charge in [-0.1, -0.05) is 55.1 Å². The molecule has 0 heterocycles. The Balaban J connectivity index is 2.24. The smallest absolute Gasteiger partial charge is 0.00224 e. The summed E-state index contributed by atoms with van der Waals surface area (Å²) in [6.07, 6.45) is 10.7. The van der Waals surface area contributed by atoms with Crippen LogP contribution in [0.2, 0.25) is 0 Å². The predicted molar refractivity (Wildman–Crippen MR) is 69.9 cm³/mol. The highest BCUT2D eigenvalue weighted by molar-refractivity contribution is 5.88. The number of fused-ring (bicyclic) bond motifs is 2. The Morgan fingerprint density at radius 2 is 1.81 bits per heavy atom. The van der Waals surface area contributed by atoms with Gasteiger partial charge in [-0.25, -0.2) is 0 Å². The van der Waals surface area contributed by atoms with E-state index in [1.54, 1.807) is 0 Å². The lowest BCUT2D eigenvalue weighted by atomic mass is 9.82. The van der Waals surface area contributed by atoms with Gasteiger partial charge in [-0.3, -0.25) is 0 Å². The summed E-state index contributed by atoms with van der Waals surface area (Å²) in [5, 5.41) is 0. The topological polar surface area (TPSA) is 0 Å². The van der Waals surface area contributed by atoms with Gasteiger partial charge >= 0.3 is 0 Å². The summed E-state index contributed by atoms with van der Waals surface area (Å²) >= 11 is 0. The third kappa shape index (κ3) is 1.38. The summed E-state index contributed by atoms with van der Waals surface area (Å²) in [6, 6.07) is 8.60. The predicted octanol–water partition coefficient (Wildman–Crippen LogP) is 4.37. The van der Waals surface area contributed by atoms with Crippen molar-refractivity contribution < 1.29 is 0 Å². The molecule has 0 radical (unpaired) electrons. The zero-order valence-corrected chi connectivity index (χ0v) is 9.24. The molecule has 78 valence electrons. The zero-order valence-electron chi connectivity index (χ0n) is 9.24. The van der Waals surface area contributed by atoms with Crippen molar-refractivity contribution in [1.82, 2.24) is 0 Å². The summed E-state index contributed by atoms with van der Waals surface area (Å²) < 4.78 is 0. The number of hydrogen-bond acceptors (Lipinski definition) is 0. The lowest BCUT2D eigenvalue weighted by molar-refractivity contribution is 1.22. The van der Waals surface area contributed by atoms with Crippen LogP contribution in [0.3, 0.4) is 0 Å². The Hall–Kier alpha value is -1.82. The molecule has 0 bridgehead atoms. The van der Waals surface area contributed by atoms with Crippen LogP contribution in [-0.4, -0.2) is 0 Å². The molecule has 0 heteroatoms. The second-order valence-electron chi connectivity index (χ2n) is 4.32. The minimum Gasteiger partial charge on any atom is -0.0949 e. The van der Waals surface area contributed by atoms with Gasteiger partial charge in [0.1, 0.15) is 0 Å². The van der Waals surface area contributed by atoms with E-state index in [4.69, 9.17) is 0 Å². The van der Waals surface area contributed by atoms with Gasteiger partial charge in [-0.15, -0.1) is 0 Å². The molecule has 0 spiro atoms. The Labute approximate surface area is 96.3 Å². The first-order valence-corrected chi connectivity index (χ1v) is 5.69. The van der Waals surface area contributed by atoms with Gasteiger partial charge < -0.3 is 0 Å². The molecule has 2 aliphatic rings. The monoisotopic (exact) mass is 206 g/mol. The molecule has 0 unspecified atom stereocenters. The van der Waals surface area contributed by atoms with Crippen LogP contribution in [0.25, 0.3) is 11.1 Å². The van der Waals surface area contributed by atoms with Gasteiger partial charge in [0.05, 0.1) is 0 Å². The van der Waals surface area contributed by atoms with Gasteiger partial charge in [0.25, 0.3) is 0 Å². The first-order chi connectivity index (χ1) is 7.86. The molecule has 0 atom stereocenters. The molecule has 0 aliphatic heterocycles. The fourth-order valence-corrected chi connectivity index (χ4v) is 2.50. The zero-order chi connectivity index (χ0) is 11.0. The Morgan fingerprint density at radius 3 is 2.69 bits per heavy atom. The van der Waals surface area contributed by atoms with Crippen molar-refractivity contribution >= 4 is 11.1 Å². The van der Waals surface area contributed by atoms with Gasteiger partial charge in [-0.2, -0.15) is 0 Å². The lowest BCUT2D eigenvalue weighted by Crippen LogP contribution is -2.02. The Morgan fingerprint density at radius 1 is 1.00 bits per heavy atom. The molecule has 16 heavy (non-hydrogen) atoms. The fraction of sp³-hybridized carbons (Fsp3) is 0.125. The van der Waals surface area contributed by atoms with Gasteiger partial charge in [0.2, 0.25) is 0 Å². The van der Waals surface area contributed by atoms with E-state index >= 15 is 0 Å². The number of allylic oxidation sites excluding steroid dienone is 7. The highest BCUT2D eigenvalue weighted by atomic mass is 14.2. The maximum atomic E-state index is 4.19. The first-order valence-electron chi connectivity index (χ1n) is 5.69. The van der Waals surface area contributed by atoms with Crippen molar-refractivity contribution in [3.63, 3.8) is 0 Å². The van der Waals surface area contributed by atoms with Crippen LogP contribution in [0.5, 0.6) is 0 Å². The van der Waals surface area contributed by atoms with Crippen LogP contribution < -0.4 is 0 Å². The minimum absolute atomic E-state index is 0.991. The Bertz CT molecular complexity index is 539. The molecule has 0 aromatic heterocycles. The van der Waals surface area contributed by atoms with Crippen molar-refractivity contribution in [1.29, 1.82) is 0 Å². The maximum absolute atomic E-state index is 4.19. The first kappa shape index (κ1) is 9.41. The second-order valence-corrected chi connectivity index (χ2v) is 4.32. The van der Waals surface area contributed by atoms with E-state index in [2.05, 4.69) is 55.1 Å². The van der Waals surface area contributed by atoms with E-state index in [1.807, 2.05) is 0 Å². The number of rotatable bonds is 0. The van der Waals surface area contributed by atoms with Crippen molar-refractivity contribution in [2.24, 2.45) is 0 Å². The standard InChI is InChI=1S/C16H14/c1-12-11-13-7-3-2-4-9-15(13)16-10-6-5-8-14(12)16/h2-8,10H,1,9,11H2. The van der Waals surface area contributed by atoms with E-state index in [-0.39, 0.29) is 0 Å². The molecule has 1 aromatic rings. The highest BCUT2D eigenvalue weighted by Crippen LogP contribution is 2.40. The van der Waals surface area contributed by atoms with E-state index in [1.165, 1.54) is 27.8 Å². The van der Waals surface area contributed by atoms with Gasteiger partial charge in [0, 0.05) is 0 Å². The second kappa shape index (κ2) is 3.64. The highest BCUT2D eigenvalue weighted by Gasteiger charge is 2.19. The molecule has 2 aliphatic carbocycles. The quantitative estimate of drug-likeness (QED) is 0.591. The molecular formula is C16H14. The molecule has 1 aromatic carbocycles. The van der Waals surface area contributed by atoms with Crippen LogP contribution in [0.1, 0.15) is 24.0 Å². The average Bonchev–Trinajstić information content (AvgIpc) is 2.55. The van der Waals surface area contributed by atoms with Crippen molar-refractivity contribution in [3.05, 3.63) is 71.8 Å². The summed E-state index contributed by atoms with van der Waals surface area (Å²) in [6.45, 7) is 4.19. The molecule has 0 saturated carbocycles. The van der Waals surface area contributed by atoms with Crippen LogP contribution in [0, 0.1) is 0 Å². The van der Waals surface area contributed by atoms with E-state index in [0.717, 1.165) is 12.8 Å². The Kier molecular flexibility index (Phi) is 2.14. The summed E-state index contributed by atoms with van der Waals surface area (Å²) in [4.78, 5) is 0. The van der Waals surface area contributed by atoms with E-state index in [9.17, 15) is 0 Å². The van der Waals surface area contributed by atoms with Crippen molar-refractivity contribution in [3.8, 4) is 0 Å². The van der Waals surface area contributed by atoms with Crippen LogP contribution in [0.4, 0.5) is 0 Å². The van der Waals surface area contributed by atoms with Crippen LogP contribution >= 0.6 is 0 Å². The molecule has 0 fully saturated rings. The fourth-order valence-electron chi connectivity index (χ4n) is 2.50. The van der Waals surface area contributed by atoms with Crippen LogP contribution in [-0.2, 0) is 0 Å². The van der Waals surface area contributed by atoms with E-state index < -0.39 is 0 Å².